The fraction of sp³-hybridized carbons (Fsp3) is 0.179. The summed E-state index contributed by atoms with van der Waals surface area (Å²) in [7, 11) is 1.49. The maximum Gasteiger partial charge on any atom is 0.416 e. The minimum Gasteiger partial charge on any atom is -0.497 e. The van der Waals surface area contributed by atoms with Gasteiger partial charge in [-0.05, 0) is 47.9 Å². The molecule has 1 unspecified atom stereocenters. The summed E-state index contributed by atoms with van der Waals surface area (Å²) in [6.45, 7) is 0.174. The molecule has 0 saturated carbocycles. The smallest absolute Gasteiger partial charge is 0.416 e. The van der Waals surface area contributed by atoms with Crippen molar-refractivity contribution in [3.8, 4) is 11.8 Å². The summed E-state index contributed by atoms with van der Waals surface area (Å²) >= 11 is 0.983. The average molecular weight is 538 g/mol. The molecule has 0 bridgehead atoms. The molecule has 1 atom stereocenters. The van der Waals surface area contributed by atoms with Crippen LogP contribution >= 0.6 is 11.8 Å². The molecule has 1 saturated heterocycles. The van der Waals surface area contributed by atoms with Gasteiger partial charge in [0.1, 0.15) is 22.4 Å². The third-order valence-electron chi connectivity index (χ3n) is 5.81. The van der Waals surface area contributed by atoms with Gasteiger partial charge in [0.05, 0.1) is 17.9 Å². The average Bonchev–Trinajstić information content (AvgIpc) is 3.23. The molecular weight excluding hydrogens is 515 g/mol. The van der Waals surface area contributed by atoms with Gasteiger partial charge in [-0.25, -0.2) is 0 Å². The van der Waals surface area contributed by atoms with Crippen molar-refractivity contribution in [2.45, 2.75) is 24.4 Å². The quantitative estimate of drug-likeness (QED) is 0.320. The molecule has 0 aromatic heterocycles. The van der Waals surface area contributed by atoms with E-state index in [-0.39, 0.29) is 23.6 Å². The van der Waals surface area contributed by atoms with E-state index in [1.807, 2.05) is 36.4 Å². The zero-order chi connectivity index (χ0) is 27.3. The standard InChI is InChI=1S/C28H22F3N3O3S/c1-37-22-12-10-21(11-13-22)34-26(36)24(15-19-8-5-9-20(14-19)28(29,30)31)38-27(34)23(16-32)25(35)33-17-18-6-3-2-4-7-18/h2-14,24H,15,17H2,1H3,(H,33,35)/b27-23-. The molecule has 4 rings (SSSR count). The first-order valence-electron chi connectivity index (χ1n) is 11.5. The molecule has 0 radical (unpaired) electrons. The summed E-state index contributed by atoms with van der Waals surface area (Å²) in [5.41, 5.74) is 0.461. The summed E-state index contributed by atoms with van der Waals surface area (Å²) in [5.74, 6) is -0.568. The molecule has 1 aliphatic heterocycles. The summed E-state index contributed by atoms with van der Waals surface area (Å²) in [4.78, 5) is 27.9. The summed E-state index contributed by atoms with van der Waals surface area (Å²) in [5, 5.41) is 11.9. The predicted octanol–water partition coefficient (Wildman–Crippen LogP) is 5.46. The molecule has 194 valence electrons. The molecule has 6 nitrogen and oxygen atoms in total. The van der Waals surface area contributed by atoms with E-state index >= 15 is 0 Å². The van der Waals surface area contributed by atoms with Gasteiger partial charge < -0.3 is 10.1 Å². The van der Waals surface area contributed by atoms with Crippen LogP contribution in [0.2, 0.25) is 0 Å². The number of benzene rings is 3. The lowest BCUT2D eigenvalue weighted by Crippen LogP contribution is -2.32. The first-order valence-corrected chi connectivity index (χ1v) is 12.4. The Bertz CT molecular complexity index is 1400. The molecule has 3 aromatic carbocycles. The minimum absolute atomic E-state index is 0.0199. The van der Waals surface area contributed by atoms with E-state index in [0.29, 0.717) is 17.0 Å². The van der Waals surface area contributed by atoms with Crippen molar-refractivity contribution in [3.63, 3.8) is 0 Å². The van der Waals surface area contributed by atoms with Crippen molar-refractivity contribution in [1.82, 2.24) is 5.32 Å². The molecule has 38 heavy (non-hydrogen) atoms. The third kappa shape index (κ3) is 6.01. The number of thioether (sulfide) groups is 1. The van der Waals surface area contributed by atoms with Crippen molar-refractivity contribution >= 4 is 29.3 Å². The van der Waals surface area contributed by atoms with E-state index in [2.05, 4.69) is 5.32 Å². The van der Waals surface area contributed by atoms with Crippen molar-refractivity contribution in [2.24, 2.45) is 0 Å². The highest BCUT2D eigenvalue weighted by Gasteiger charge is 2.41. The number of amides is 2. The lowest BCUT2D eigenvalue weighted by Gasteiger charge is -2.19. The maximum absolute atomic E-state index is 13.6. The fourth-order valence-electron chi connectivity index (χ4n) is 3.91. The van der Waals surface area contributed by atoms with Crippen LogP contribution in [0.3, 0.4) is 0 Å². The fourth-order valence-corrected chi connectivity index (χ4v) is 5.22. The number of nitriles is 1. The van der Waals surface area contributed by atoms with Crippen LogP contribution in [-0.4, -0.2) is 24.2 Å². The van der Waals surface area contributed by atoms with E-state index in [1.165, 1.54) is 24.1 Å². The number of nitrogens with one attached hydrogen (secondary N) is 1. The number of halogens is 3. The van der Waals surface area contributed by atoms with E-state index in [9.17, 15) is 28.0 Å². The second kappa shape index (κ2) is 11.4. The Balaban J connectivity index is 1.68. The number of carbonyl (C=O) groups excluding carboxylic acids is 2. The zero-order valence-corrected chi connectivity index (χ0v) is 21.0. The van der Waals surface area contributed by atoms with Gasteiger partial charge in [-0.15, -0.1) is 0 Å². The van der Waals surface area contributed by atoms with Crippen molar-refractivity contribution in [3.05, 3.63) is 106 Å². The number of anilines is 1. The van der Waals surface area contributed by atoms with E-state index in [0.717, 1.165) is 29.5 Å². The normalized spacial score (nSPS) is 16.7. The van der Waals surface area contributed by atoms with Crippen LogP contribution in [0.25, 0.3) is 0 Å². The highest BCUT2D eigenvalue weighted by Crippen LogP contribution is 2.42. The van der Waals surface area contributed by atoms with Crippen LogP contribution in [0.1, 0.15) is 16.7 Å². The molecule has 2 amide bonds. The molecule has 3 aromatic rings. The number of hydrogen-bond donors (Lipinski definition) is 1. The number of nitrogens with zero attached hydrogens (tertiary/aromatic N) is 2. The van der Waals surface area contributed by atoms with Crippen LogP contribution in [0.5, 0.6) is 5.75 Å². The predicted molar refractivity (Wildman–Crippen MR) is 138 cm³/mol. The summed E-state index contributed by atoms with van der Waals surface area (Å²) in [6.07, 6.45) is -4.54. The summed E-state index contributed by atoms with van der Waals surface area (Å²) < 4.78 is 44.8. The summed E-state index contributed by atoms with van der Waals surface area (Å²) in [6, 6.07) is 22.3. The van der Waals surface area contributed by atoms with Gasteiger partial charge in [-0.2, -0.15) is 18.4 Å². The minimum atomic E-state index is -4.52. The zero-order valence-electron chi connectivity index (χ0n) is 20.2. The molecular formula is C28H22F3N3O3S. The first kappa shape index (κ1) is 26.8. The van der Waals surface area contributed by atoms with Gasteiger partial charge >= 0.3 is 6.18 Å². The first-order chi connectivity index (χ1) is 18.2. The highest BCUT2D eigenvalue weighted by molar-refractivity contribution is 8.05. The number of alkyl halides is 3. The molecule has 0 spiro atoms. The van der Waals surface area contributed by atoms with E-state index in [1.54, 1.807) is 24.3 Å². The molecule has 1 N–H and O–H groups in total. The van der Waals surface area contributed by atoms with Crippen LogP contribution < -0.4 is 15.0 Å². The largest absolute Gasteiger partial charge is 0.497 e. The van der Waals surface area contributed by atoms with E-state index in [4.69, 9.17) is 4.74 Å². The van der Waals surface area contributed by atoms with Gasteiger partial charge in [0.15, 0.2) is 0 Å². The van der Waals surface area contributed by atoms with Gasteiger partial charge in [-0.1, -0.05) is 60.3 Å². The lowest BCUT2D eigenvalue weighted by atomic mass is 10.1. The number of carbonyl (C=O) groups is 2. The van der Waals surface area contributed by atoms with Crippen LogP contribution in [-0.2, 0) is 28.7 Å². The molecule has 10 heteroatoms. The maximum atomic E-state index is 13.6. The Kier molecular flexibility index (Phi) is 8.08. The van der Waals surface area contributed by atoms with Gasteiger partial charge in [0.25, 0.3) is 5.91 Å². The van der Waals surface area contributed by atoms with Crippen molar-refractivity contribution in [1.29, 1.82) is 5.26 Å². The monoisotopic (exact) mass is 537 g/mol. The van der Waals surface area contributed by atoms with Gasteiger partial charge in [0.2, 0.25) is 5.91 Å². The molecule has 0 aliphatic carbocycles. The topological polar surface area (TPSA) is 82.4 Å². The Hall–Kier alpha value is -4.23. The second-order valence-electron chi connectivity index (χ2n) is 8.34. The third-order valence-corrected chi connectivity index (χ3v) is 7.07. The molecule has 1 heterocycles. The van der Waals surface area contributed by atoms with Gasteiger partial charge in [-0.3, -0.25) is 14.5 Å². The number of methoxy groups -OCH3 is 1. The van der Waals surface area contributed by atoms with Crippen molar-refractivity contribution < 1.29 is 27.5 Å². The van der Waals surface area contributed by atoms with E-state index < -0.39 is 28.8 Å². The lowest BCUT2D eigenvalue weighted by molar-refractivity contribution is -0.137. The Morgan fingerprint density at radius 2 is 1.74 bits per heavy atom. The van der Waals surface area contributed by atoms with Crippen LogP contribution in [0.15, 0.2) is 89.5 Å². The molecule has 1 aliphatic rings. The number of rotatable bonds is 7. The Morgan fingerprint density at radius 3 is 2.37 bits per heavy atom. The second-order valence-corrected chi connectivity index (χ2v) is 9.53. The van der Waals surface area contributed by atoms with Gasteiger partial charge in [0, 0.05) is 12.2 Å². The Labute approximate surface area is 221 Å². The molecule has 1 fully saturated rings. The van der Waals surface area contributed by atoms with Crippen molar-refractivity contribution in [2.75, 3.05) is 12.0 Å². The Morgan fingerprint density at radius 1 is 1.05 bits per heavy atom. The van der Waals surface area contributed by atoms with Crippen LogP contribution in [0, 0.1) is 11.3 Å². The highest BCUT2D eigenvalue weighted by atomic mass is 32.2. The number of hydrogen-bond acceptors (Lipinski definition) is 5. The van der Waals surface area contributed by atoms with Crippen LogP contribution in [0.4, 0.5) is 18.9 Å². The SMILES string of the molecule is COc1ccc(N2C(=O)C(Cc3cccc(C(F)(F)F)c3)S/C2=C(/C#N)C(=O)NCc2ccccc2)cc1. The number of ether oxygens (including phenoxy) is 1.